The number of nitrogens with one attached hydrogen (secondary N) is 1. The van der Waals surface area contributed by atoms with E-state index in [9.17, 15) is 0 Å². The van der Waals surface area contributed by atoms with E-state index < -0.39 is 0 Å². The molecular weight excluding hydrogens is 222 g/mol. The summed E-state index contributed by atoms with van der Waals surface area (Å²) in [4.78, 5) is 6.95. The standard InChI is InChI=1S/C15H23N3/c1-16-15-11-13(8-9-17-15)18-10-4-6-12-5-2-3-7-14(12)18/h8-9,11-12,14H,2-7,10H2,1H3,(H,16,17). The molecule has 3 rings (SSSR count). The summed E-state index contributed by atoms with van der Waals surface area (Å²) >= 11 is 0. The van der Waals surface area contributed by atoms with Gasteiger partial charge in [0.2, 0.25) is 0 Å². The summed E-state index contributed by atoms with van der Waals surface area (Å²) in [6.07, 6.45) is 10.4. The van der Waals surface area contributed by atoms with Crippen molar-refractivity contribution < 1.29 is 0 Å². The zero-order valence-corrected chi connectivity index (χ0v) is 11.2. The summed E-state index contributed by atoms with van der Waals surface area (Å²) in [7, 11) is 1.94. The molecule has 3 nitrogen and oxygen atoms in total. The van der Waals surface area contributed by atoms with Gasteiger partial charge in [0.1, 0.15) is 5.82 Å². The van der Waals surface area contributed by atoms with Crippen LogP contribution in [0.1, 0.15) is 38.5 Å². The normalized spacial score (nSPS) is 27.7. The van der Waals surface area contributed by atoms with E-state index in [1.54, 1.807) is 0 Å². The van der Waals surface area contributed by atoms with Crippen molar-refractivity contribution in [3.63, 3.8) is 0 Å². The highest BCUT2D eigenvalue weighted by atomic mass is 15.2. The Morgan fingerprint density at radius 1 is 1.22 bits per heavy atom. The van der Waals surface area contributed by atoms with Crippen LogP contribution in [-0.4, -0.2) is 24.6 Å². The Morgan fingerprint density at radius 3 is 2.94 bits per heavy atom. The monoisotopic (exact) mass is 245 g/mol. The third kappa shape index (κ3) is 2.18. The summed E-state index contributed by atoms with van der Waals surface area (Å²) in [6.45, 7) is 1.22. The van der Waals surface area contributed by atoms with Gasteiger partial charge in [0.05, 0.1) is 0 Å². The average Bonchev–Trinajstić information content (AvgIpc) is 2.47. The van der Waals surface area contributed by atoms with Crippen LogP contribution in [0.3, 0.4) is 0 Å². The third-order valence-electron chi connectivity index (χ3n) is 4.57. The average molecular weight is 245 g/mol. The first-order valence-corrected chi connectivity index (χ1v) is 7.29. The Balaban J connectivity index is 1.84. The van der Waals surface area contributed by atoms with Crippen LogP contribution < -0.4 is 10.2 Å². The fraction of sp³-hybridized carbons (Fsp3) is 0.667. The largest absolute Gasteiger partial charge is 0.373 e. The lowest BCUT2D eigenvalue weighted by molar-refractivity contribution is 0.244. The Morgan fingerprint density at radius 2 is 2.06 bits per heavy atom. The van der Waals surface area contributed by atoms with Gasteiger partial charge in [-0.1, -0.05) is 12.8 Å². The number of fused-ring (bicyclic) bond motifs is 1. The van der Waals surface area contributed by atoms with Crippen LogP contribution in [-0.2, 0) is 0 Å². The zero-order chi connectivity index (χ0) is 12.4. The van der Waals surface area contributed by atoms with E-state index in [0.717, 1.165) is 17.8 Å². The van der Waals surface area contributed by atoms with E-state index in [1.807, 2.05) is 13.2 Å². The maximum absolute atomic E-state index is 4.32. The summed E-state index contributed by atoms with van der Waals surface area (Å²) in [5.41, 5.74) is 1.35. The van der Waals surface area contributed by atoms with Gasteiger partial charge >= 0.3 is 0 Å². The van der Waals surface area contributed by atoms with E-state index in [0.29, 0.717) is 0 Å². The Kier molecular flexibility index (Phi) is 3.39. The molecule has 0 bridgehead atoms. The SMILES string of the molecule is CNc1cc(N2CCCC3CCCCC32)ccn1. The molecule has 98 valence electrons. The molecule has 2 heterocycles. The van der Waals surface area contributed by atoms with Gasteiger partial charge in [-0.2, -0.15) is 0 Å². The minimum atomic E-state index is 0.777. The molecule has 1 aliphatic carbocycles. The quantitative estimate of drug-likeness (QED) is 0.866. The maximum Gasteiger partial charge on any atom is 0.127 e. The molecule has 0 radical (unpaired) electrons. The molecule has 1 aromatic rings. The molecular formula is C15H23N3. The summed E-state index contributed by atoms with van der Waals surface area (Å²) in [5.74, 6) is 1.91. The van der Waals surface area contributed by atoms with Gasteiger partial charge in [-0.05, 0) is 37.7 Å². The van der Waals surface area contributed by atoms with Gasteiger partial charge in [-0.15, -0.1) is 0 Å². The van der Waals surface area contributed by atoms with Crippen molar-refractivity contribution in [2.75, 3.05) is 23.8 Å². The van der Waals surface area contributed by atoms with Crippen LogP contribution in [0.15, 0.2) is 18.3 Å². The van der Waals surface area contributed by atoms with Gasteiger partial charge in [-0.25, -0.2) is 4.98 Å². The van der Waals surface area contributed by atoms with Crippen molar-refractivity contribution in [1.82, 2.24) is 4.98 Å². The van der Waals surface area contributed by atoms with Crippen molar-refractivity contribution in [3.05, 3.63) is 18.3 Å². The lowest BCUT2D eigenvalue weighted by Crippen LogP contribution is -2.46. The number of nitrogens with zero attached hydrogens (tertiary/aromatic N) is 2. The van der Waals surface area contributed by atoms with E-state index in [2.05, 4.69) is 27.3 Å². The highest BCUT2D eigenvalue weighted by Crippen LogP contribution is 2.37. The van der Waals surface area contributed by atoms with E-state index in [-0.39, 0.29) is 0 Å². The fourth-order valence-corrected chi connectivity index (χ4v) is 3.68. The Labute approximate surface area is 110 Å². The second-order valence-corrected chi connectivity index (χ2v) is 5.60. The van der Waals surface area contributed by atoms with E-state index in [1.165, 1.54) is 50.8 Å². The van der Waals surface area contributed by atoms with Crippen LogP contribution in [0.5, 0.6) is 0 Å². The Hall–Kier alpha value is -1.25. The molecule has 2 aliphatic rings. The number of piperidine rings is 1. The fourth-order valence-electron chi connectivity index (χ4n) is 3.68. The number of anilines is 2. The number of pyridine rings is 1. The van der Waals surface area contributed by atoms with Gasteiger partial charge in [0.15, 0.2) is 0 Å². The molecule has 0 amide bonds. The molecule has 1 aromatic heterocycles. The lowest BCUT2D eigenvalue weighted by atomic mass is 9.78. The molecule has 0 aromatic carbocycles. The molecule has 1 saturated heterocycles. The summed E-state index contributed by atoms with van der Waals surface area (Å²) in [5, 5.41) is 3.14. The van der Waals surface area contributed by atoms with Gasteiger partial charge in [0.25, 0.3) is 0 Å². The number of hydrogen-bond donors (Lipinski definition) is 1. The first-order chi connectivity index (χ1) is 8.88. The lowest BCUT2D eigenvalue weighted by Gasteiger charge is -2.45. The van der Waals surface area contributed by atoms with Crippen molar-refractivity contribution in [2.24, 2.45) is 5.92 Å². The molecule has 2 unspecified atom stereocenters. The van der Waals surface area contributed by atoms with Crippen molar-refractivity contribution in [3.8, 4) is 0 Å². The molecule has 3 heteroatoms. The van der Waals surface area contributed by atoms with Crippen LogP contribution in [0.25, 0.3) is 0 Å². The van der Waals surface area contributed by atoms with Gasteiger partial charge < -0.3 is 10.2 Å². The topological polar surface area (TPSA) is 28.2 Å². The van der Waals surface area contributed by atoms with Gasteiger partial charge in [0, 0.05) is 37.6 Å². The highest BCUT2D eigenvalue weighted by Gasteiger charge is 2.33. The second-order valence-electron chi connectivity index (χ2n) is 5.60. The molecule has 1 N–H and O–H groups in total. The van der Waals surface area contributed by atoms with E-state index in [4.69, 9.17) is 0 Å². The maximum atomic E-state index is 4.32. The van der Waals surface area contributed by atoms with Crippen molar-refractivity contribution in [1.29, 1.82) is 0 Å². The predicted octanol–water partition coefficient (Wildman–Crippen LogP) is 3.28. The Bertz CT molecular complexity index is 402. The zero-order valence-electron chi connectivity index (χ0n) is 11.2. The van der Waals surface area contributed by atoms with Gasteiger partial charge in [-0.3, -0.25) is 0 Å². The molecule has 1 saturated carbocycles. The van der Waals surface area contributed by atoms with Crippen LogP contribution in [0.2, 0.25) is 0 Å². The number of rotatable bonds is 2. The first-order valence-electron chi connectivity index (χ1n) is 7.29. The molecule has 1 aliphatic heterocycles. The molecule has 18 heavy (non-hydrogen) atoms. The molecule has 0 spiro atoms. The number of aromatic nitrogens is 1. The van der Waals surface area contributed by atoms with Crippen molar-refractivity contribution in [2.45, 2.75) is 44.6 Å². The highest BCUT2D eigenvalue weighted by molar-refractivity contribution is 5.54. The second kappa shape index (κ2) is 5.17. The minimum absolute atomic E-state index is 0.777. The first kappa shape index (κ1) is 11.8. The van der Waals surface area contributed by atoms with Crippen LogP contribution in [0, 0.1) is 5.92 Å². The van der Waals surface area contributed by atoms with E-state index >= 15 is 0 Å². The van der Waals surface area contributed by atoms with Crippen LogP contribution in [0.4, 0.5) is 11.5 Å². The summed E-state index contributed by atoms with van der Waals surface area (Å²) < 4.78 is 0. The number of hydrogen-bond acceptors (Lipinski definition) is 3. The third-order valence-corrected chi connectivity index (χ3v) is 4.57. The summed E-state index contributed by atoms with van der Waals surface area (Å²) in [6, 6.07) is 5.13. The smallest absolute Gasteiger partial charge is 0.127 e. The van der Waals surface area contributed by atoms with Crippen LogP contribution >= 0.6 is 0 Å². The molecule has 2 fully saturated rings. The molecule has 2 atom stereocenters. The minimum Gasteiger partial charge on any atom is -0.373 e. The van der Waals surface area contributed by atoms with Crippen molar-refractivity contribution >= 4 is 11.5 Å². The predicted molar refractivity (Wildman–Crippen MR) is 76.1 cm³/mol.